The fourth-order valence-electron chi connectivity index (χ4n) is 1.81. The number of rotatable bonds is 5. The fraction of sp³-hybridized carbons (Fsp3) is 0.462. The van der Waals surface area contributed by atoms with E-state index in [9.17, 15) is 0 Å². The van der Waals surface area contributed by atoms with E-state index in [0.29, 0.717) is 11.0 Å². The highest BCUT2D eigenvalue weighted by Crippen LogP contribution is 2.18. The first-order valence-electron chi connectivity index (χ1n) is 6.29. The molecule has 0 aromatic carbocycles. The summed E-state index contributed by atoms with van der Waals surface area (Å²) < 4.78 is 1.90. The first kappa shape index (κ1) is 13.0. The van der Waals surface area contributed by atoms with E-state index in [1.807, 2.05) is 16.9 Å². The summed E-state index contributed by atoms with van der Waals surface area (Å²) in [6.07, 6.45) is 6.76. The van der Waals surface area contributed by atoms with Crippen LogP contribution in [0.1, 0.15) is 32.4 Å². The van der Waals surface area contributed by atoms with Gasteiger partial charge in [-0.2, -0.15) is 5.10 Å². The van der Waals surface area contributed by atoms with E-state index in [-0.39, 0.29) is 0 Å². The smallest absolute Gasteiger partial charge is 0.164 e. The van der Waals surface area contributed by atoms with Gasteiger partial charge in [0, 0.05) is 18.4 Å². The molecule has 4 nitrogen and oxygen atoms in total. The van der Waals surface area contributed by atoms with Crippen molar-refractivity contribution in [3.8, 4) is 11.4 Å². The number of hydrogen-bond donors (Lipinski definition) is 0. The molecule has 18 heavy (non-hydrogen) atoms. The van der Waals surface area contributed by atoms with Crippen LogP contribution in [-0.4, -0.2) is 19.7 Å². The van der Waals surface area contributed by atoms with Crippen LogP contribution in [0.15, 0.2) is 18.5 Å². The van der Waals surface area contributed by atoms with Crippen LogP contribution in [0.3, 0.4) is 0 Å². The molecule has 0 saturated carbocycles. The SMILES string of the molecule is CCCc1cc(Cl)nc(-c2cnn(CCC)c2)n1. The molecule has 2 rings (SSSR count). The molecule has 2 aromatic rings. The van der Waals surface area contributed by atoms with E-state index in [4.69, 9.17) is 11.6 Å². The molecule has 2 heterocycles. The molecular weight excluding hydrogens is 248 g/mol. The van der Waals surface area contributed by atoms with Crippen LogP contribution < -0.4 is 0 Å². The normalized spacial score (nSPS) is 10.8. The Balaban J connectivity index is 2.30. The minimum Gasteiger partial charge on any atom is -0.272 e. The van der Waals surface area contributed by atoms with E-state index in [1.54, 1.807) is 6.20 Å². The topological polar surface area (TPSA) is 43.6 Å². The van der Waals surface area contributed by atoms with Crippen molar-refractivity contribution in [2.45, 2.75) is 39.7 Å². The van der Waals surface area contributed by atoms with E-state index in [2.05, 4.69) is 28.9 Å². The summed E-state index contributed by atoms with van der Waals surface area (Å²) in [5.74, 6) is 0.660. The third-order valence-electron chi connectivity index (χ3n) is 2.60. The van der Waals surface area contributed by atoms with E-state index < -0.39 is 0 Å². The van der Waals surface area contributed by atoms with Crippen molar-refractivity contribution in [1.82, 2.24) is 19.7 Å². The molecule has 0 atom stereocenters. The lowest BCUT2D eigenvalue weighted by Crippen LogP contribution is -1.97. The molecule has 0 unspecified atom stereocenters. The second-order valence-corrected chi connectivity index (χ2v) is 4.63. The van der Waals surface area contributed by atoms with Gasteiger partial charge in [-0.3, -0.25) is 4.68 Å². The highest BCUT2D eigenvalue weighted by molar-refractivity contribution is 6.29. The first-order valence-corrected chi connectivity index (χ1v) is 6.67. The summed E-state index contributed by atoms with van der Waals surface area (Å²) in [6, 6.07) is 1.82. The van der Waals surface area contributed by atoms with Crippen molar-refractivity contribution in [3.63, 3.8) is 0 Å². The molecule has 0 amide bonds. The van der Waals surface area contributed by atoms with Crippen molar-refractivity contribution in [1.29, 1.82) is 0 Å². The number of halogens is 1. The lowest BCUT2D eigenvalue weighted by Gasteiger charge is -2.02. The van der Waals surface area contributed by atoms with Gasteiger partial charge in [0.05, 0.1) is 11.8 Å². The Bertz CT molecular complexity index is 521. The maximum atomic E-state index is 6.03. The maximum Gasteiger partial charge on any atom is 0.164 e. The minimum absolute atomic E-state index is 0.492. The van der Waals surface area contributed by atoms with Crippen molar-refractivity contribution in [2.24, 2.45) is 0 Å². The predicted octanol–water partition coefficient (Wildman–Crippen LogP) is 3.36. The van der Waals surface area contributed by atoms with Crippen LogP contribution in [-0.2, 0) is 13.0 Å². The van der Waals surface area contributed by atoms with E-state index >= 15 is 0 Å². The molecule has 0 saturated heterocycles. The Kier molecular flexibility index (Phi) is 4.31. The van der Waals surface area contributed by atoms with Gasteiger partial charge in [0.15, 0.2) is 5.82 Å². The molecule has 2 aromatic heterocycles. The lowest BCUT2D eigenvalue weighted by atomic mass is 10.2. The van der Waals surface area contributed by atoms with Gasteiger partial charge >= 0.3 is 0 Å². The molecule has 0 aliphatic heterocycles. The molecule has 0 N–H and O–H groups in total. The van der Waals surface area contributed by atoms with Gasteiger partial charge in [-0.25, -0.2) is 9.97 Å². The maximum absolute atomic E-state index is 6.03. The van der Waals surface area contributed by atoms with Crippen LogP contribution in [0.4, 0.5) is 0 Å². The predicted molar refractivity (Wildman–Crippen MR) is 72.5 cm³/mol. The van der Waals surface area contributed by atoms with Crippen molar-refractivity contribution >= 4 is 11.6 Å². The Labute approximate surface area is 112 Å². The van der Waals surface area contributed by atoms with Crippen LogP contribution in [0, 0.1) is 0 Å². The van der Waals surface area contributed by atoms with Crippen LogP contribution in [0.25, 0.3) is 11.4 Å². The quantitative estimate of drug-likeness (QED) is 0.778. The third-order valence-corrected chi connectivity index (χ3v) is 2.79. The zero-order valence-corrected chi connectivity index (χ0v) is 11.5. The van der Waals surface area contributed by atoms with Gasteiger partial charge in [0.2, 0.25) is 0 Å². The van der Waals surface area contributed by atoms with Gasteiger partial charge in [0.1, 0.15) is 5.15 Å². The molecule has 0 fully saturated rings. The molecule has 0 bridgehead atoms. The Morgan fingerprint density at radius 3 is 2.78 bits per heavy atom. The highest BCUT2D eigenvalue weighted by Gasteiger charge is 2.08. The van der Waals surface area contributed by atoms with Crippen LogP contribution in [0.2, 0.25) is 5.15 Å². The lowest BCUT2D eigenvalue weighted by molar-refractivity contribution is 0.603. The molecule has 0 radical (unpaired) electrons. The first-order chi connectivity index (χ1) is 8.72. The zero-order valence-electron chi connectivity index (χ0n) is 10.7. The summed E-state index contributed by atoms with van der Waals surface area (Å²) in [7, 11) is 0. The molecule has 0 aliphatic carbocycles. The van der Waals surface area contributed by atoms with Crippen molar-refractivity contribution < 1.29 is 0 Å². The monoisotopic (exact) mass is 264 g/mol. The molecule has 0 spiro atoms. The van der Waals surface area contributed by atoms with E-state index in [0.717, 1.165) is 37.1 Å². The van der Waals surface area contributed by atoms with Gasteiger partial charge in [-0.15, -0.1) is 0 Å². The largest absolute Gasteiger partial charge is 0.272 e. The molecule has 0 aliphatic rings. The average molecular weight is 265 g/mol. The fourth-order valence-corrected chi connectivity index (χ4v) is 2.01. The molecule has 5 heteroatoms. The van der Waals surface area contributed by atoms with Gasteiger partial charge in [0.25, 0.3) is 0 Å². The molecular formula is C13H17ClN4. The Morgan fingerprint density at radius 1 is 1.22 bits per heavy atom. The standard InChI is InChI=1S/C13H17ClN4/c1-3-5-11-7-12(14)17-13(16-11)10-8-15-18(9-10)6-4-2/h7-9H,3-6H2,1-2H3. The number of nitrogens with zero attached hydrogens (tertiary/aromatic N) is 4. The summed E-state index contributed by atoms with van der Waals surface area (Å²) in [5, 5.41) is 4.77. The van der Waals surface area contributed by atoms with Crippen LogP contribution in [0.5, 0.6) is 0 Å². The average Bonchev–Trinajstić information content (AvgIpc) is 2.78. The highest BCUT2D eigenvalue weighted by atomic mass is 35.5. The summed E-state index contributed by atoms with van der Waals surface area (Å²) in [5.41, 5.74) is 1.90. The number of hydrogen-bond acceptors (Lipinski definition) is 3. The van der Waals surface area contributed by atoms with Gasteiger partial charge < -0.3 is 0 Å². The number of aromatic nitrogens is 4. The molecule has 96 valence electrons. The number of aryl methyl sites for hydroxylation is 2. The zero-order chi connectivity index (χ0) is 13.0. The van der Waals surface area contributed by atoms with E-state index in [1.165, 1.54) is 0 Å². The van der Waals surface area contributed by atoms with Gasteiger partial charge in [-0.05, 0) is 18.9 Å². The summed E-state index contributed by atoms with van der Waals surface area (Å²) in [6.45, 7) is 5.15. The summed E-state index contributed by atoms with van der Waals surface area (Å²) in [4.78, 5) is 8.78. The Hall–Kier alpha value is -1.42. The second-order valence-electron chi connectivity index (χ2n) is 4.25. The summed E-state index contributed by atoms with van der Waals surface area (Å²) >= 11 is 6.03. The Morgan fingerprint density at radius 2 is 2.06 bits per heavy atom. The minimum atomic E-state index is 0.492. The van der Waals surface area contributed by atoms with Crippen LogP contribution >= 0.6 is 11.6 Å². The van der Waals surface area contributed by atoms with Crippen molar-refractivity contribution in [3.05, 3.63) is 29.3 Å². The van der Waals surface area contributed by atoms with Crippen molar-refractivity contribution in [2.75, 3.05) is 0 Å². The van der Waals surface area contributed by atoms with Gasteiger partial charge in [-0.1, -0.05) is 31.9 Å². The second kappa shape index (κ2) is 5.96. The third kappa shape index (κ3) is 3.07.